The normalized spacial score (nSPS) is 11.9. The fourth-order valence-electron chi connectivity index (χ4n) is 9.92. The molecule has 9 nitrogen and oxygen atoms in total. The Balaban J connectivity index is 1.18. The molecule has 0 bridgehead atoms. The number of hydrogen-bond donors (Lipinski definition) is 0. The zero-order valence-electron chi connectivity index (χ0n) is 34.6. The predicted molar refractivity (Wildman–Crippen MR) is 263 cm³/mol. The molecule has 0 aliphatic rings. The molecule has 5 aromatic heterocycles. The summed E-state index contributed by atoms with van der Waals surface area (Å²) in [6.45, 7) is 0. The second kappa shape index (κ2) is 13.8. The number of aromatic nitrogens is 4. The summed E-state index contributed by atoms with van der Waals surface area (Å²) < 4.78 is 3.90. The number of nitrogens with zero attached hydrogens (tertiary/aromatic N) is 5. The molecule has 0 amide bonds. The molecule has 0 aliphatic carbocycles. The molecule has 5 heterocycles. The molecule has 0 saturated heterocycles. The molecule has 66 heavy (non-hydrogen) atoms. The van der Waals surface area contributed by atoms with Crippen LogP contribution in [0.15, 0.2) is 195 Å². The molecule has 9 heteroatoms. The van der Waals surface area contributed by atoms with E-state index in [1.807, 2.05) is 118 Å². The van der Waals surface area contributed by atoms with Crippen molar-refractivity contribution >= 4 is 76.2 Å². The third-order valence-corrected chi connectivity index (χ3v) is 13.0. The summed E-state index contributed by atoms with van der Waals surface area (Å²) >= 11 is 0. The van der Waals surface area contributed by atoms with Crippen LogP contribution in [0.25, 0.3) is 121 Å². The van der Waals surface area contributed by atoms with Crippen LogP contribution in [0.4, 0.5) is 0 Å². The van der Waals surface area contributed by atoms with Gasteiger partial charge >= 0.3 is 0 Å². The van der Waals surface area contributed by atoms with E-state index in [1.54, 1.807) is 66.7 Å². The highest BCUT2D eigenvalue weighted by atomic mass is 16.1. The third-order valence-electron chi connectivity index (χ3n) is 13.0. The van der Waals surface area contributed by atoms with E-state index in [0.717, 1.165) is 16.7 Å². The maximum Gasteiger partial charge on any atom is 0.197 e. The zero-order valence-corrected chi connectivity index (χ0v) is 34.6. The van der Waals surface area contributed by atoms with Crippen LogP contribution in [0, 0.1) is 11.3 Å². The van der Waals surface area contributed by atoms with Crippen molar-refractivity contribution in [3.05, 3.63) is 222 Å². The molecule has 0 radical (unpaired) electrons. The first kappa shape index (κ1) is 37.2. The van der Waals surface area contributed by atoms with Crippen molar-refractivity contribution in [3.63, 3.8) is 0 Å². The number of nitriles is 1. The van der Waals surface area contributed by atoms with Crippen molar-refractivity contribution in [1.82, 2.24) is 18.8 Å². The van der Waals surface area contributed by atoms with Crippen LogP contribution in [0.5, 0.6) is 0 Å². The molecule has 13 aromatic rings. The Kier molecular flexibility index (Phi) is 7.78. The quantitative estimate of drug-likeness (QED) is 0.127. The molecule has 0 unspecified atom stereocenters. The Morgan fingerprint density at radius 1 is 0.348 bits per heavy atom. The Bertz CT molecular complexity index is 4490. The lowest BCUT2D eigenvalue weighted by atomic mass is 9.95. The van der Waals surface area contributed by atoms with Gasteiger partial charge in [0.2, 0.25) is 0 Å². The number of hydrogen-bond acceptors (Lipinski definition) is 7. The van der Waals surface area contributed by atoms with E-state index in [-0.39, 0.29) is 37.9 Å². The highest BCUT2D eigenvalue weighted by molar-refractivity contribution is 6.14. The minimum atomic E-state index is -0.364. The fourth-order valence-corrected chi connectivity index (χ4v) is 9.92. The zero-order chi connectivity index (χ0) is 44.4. The van der Waals surface area contributed by atoms with Crippen LogP contribution >= 0.6 is 0 Å². The lowest BCUT2D eigenvalue weighted by Crippen LogP contribution is -2.17. The molecular weight excluding hydrogens is 819 g/mol. The van der Waals surface area contributed by atoms with Crippen LogP contribution in [-0.4, -0.2) is 18.8 Å². The van der Waals surface area contributed by atoms with Crippen molar-refractivity contribution in [2.24, 2.45) is 0 Å². The van der Waals surface area contributed by atoms with Crippen molar-refractivity contribution in [2.45, 2.75) is 0 Å². The summed E-state index contributed by atoms with van der Waals surface area (Å²) in [6.07, 6.45) is 0. The molecular formula is C57H29N5O4. The van der Waals surface area contributed by atoms with Gasteiger partial charge in [-0.1, -0.05) is 97.1 Å². The smallest absolute Gasteiger partial charge is 0.197 e. The number of fused-ring (bicyclic) bond motifs is 8. The molecule has 0 fully saturated rings. The molecule has 8 aromatic carbocycles. The maximum atomic E-state index is 15.3. The molecule has 0 saturated carbocycles. The van der Waals surface area contributed by atoms with Gasteiger partial charge in [0, 0.05) is 59.8 Å². The average molecular weight is 848 g/mol. The summed E-state index contributed by atoms with van der Waals surface area (Å²) in [5.41, 5.74) is 7.40. The summed E-state index contributed by atoms with van der Waals surface area (Å²) in [6, 6.07) is 56.0. The first-order valence-electron chi connectivity index (χ1n) is 21.4. The van der Waals surface area contributed by atoms with E-state index >= 15 is 9.59 Å². The van der Waals surface area contributed by atoms with Gasteiger partial charge in [0.05, 0.1) is 56.1 Å². The lowest BCUT2D eigenvalue weighted by Gasteiger charge is -2.19. The Labute approximate surface area is 372 Å². The standard InChI is InChI=1S/C57H29N5O4/c58-30-31-19-21-32(22-20-31)35-23-41-51-42(24-35)55(65)39-27-40-50(29-49(39)61(51)47-17-9-7-15-37(47)53(41)63)62-48-18-10-8-16-38(48)54(64)43-25-36(26-44(52(43)62)56(40)66)57-59-45(33-11-3-1-4-12-33)28-46(60-57)34-13-5-2-6-14-34/h1-29H. The molecule has 0 atom stereocenters. The van der Waals surface area contributed by atoms with Crippen molar-refractivity contribution in [3.8, 4) is 51.1 Å². The van der Waals surface area contributed by atoms with Gasteiger partial charge in [0.25, 0.3) is 0 Å². The first-order chi connectivity index (χ1) is 32.3. The summed E-state index contributed by atoms with van der Waals surface area (Å²) in [4.78, 5) is 69.7. The Morgan fingerprint density at radius 2 is 0.773 bits per heavy atom. The van der Waals surface area contributed by atoms with Gasteiger partial charge in [-0.3, -0.25) is 19.2 Å². The molecule has 0 aliphatic heterocycles. The monoisotopic (exact) mass is 847 g/mol. The molecule has 306 valence electrons. The van der Waals surface area contributed by atoms with Gasteiger partial charge in [-0.05, 0) is 90.0 Å². The van der Waals surface area contributed by atoms with Crippen LogP contribution < -0.4 is 21.7 Å². The Morgan fingerprint density at radius 3 is 1.24 bits per heavy atom. The van der Waals surface area contributed by atoms with Crippen LogP contribution in [-0.2, 0) is 0 Å². The van der Waals surface area contributed by atoms with E-state index < -0.39 is 0 Å². The highest BCUT2D eigenvalue weighted by Gasteiger charge is 2.24. The first-order valence-corrected chi connectivity index (χ1v) is 21.4. The van der Waals surface area contributed by atoms with E-state index in [4.69, 9.17) is 9.97 Å². The fraction of sp³-hybridized carbons (Fsp3) is 0. The maximum absolute atomic E-state index is 15.3. The second-order valence-corrected chi connectivity index (χ2v) is 16.6. The predicted octanol–water partition coefficient (Wildman–Crippen LogP) is 10.8. The summed E-state index contributed by atoms with van der Waals surface area (Å²) in [5.74, 6) is 0.343. The number of para-hydroxylation sites is 2. The van der Waals surface area contributed by atoms with Crippen molar-refractivity contribution in [2.75, 3.05) is 0 Å². The van der Waals surface area contributed by atoms with Crippen LogP contribution in [0.2, 0.25) is 0 Å². The third kappa shape index (κ3) is 5.27. The average Bonchev–Trinajstić information content (AvgIpc) is 3.38. The van der Waals surface area contributed by atoms with E-state index in [1.165, 1.54) is 0 Å². The van der Waals surface area contributed by atoms with Gasteiger partial charge in [-0.15, -0.1) is 0 Å². The van der Waals surface area contributed by atoms with Crippen molar-refractivity contribution < 1.29 is 0 Å². The summed E-state index contributed by atoms with van der Waals surface area (Å²) in [7, 11) is 0. The van der Waals surface area contributed by atoms with Gasteiger partial charge in [-0.25, -0.2) is 9.97 Å². The van der Waals surface area contributed by atoms with Gasteiger partial charge < -0.3 is 8.80 Å². The molecule has 13 rings (SSSR count). The SMILES string of the molecule is N#Cc1ccc(-c2cc3c(=O)c4ccccc4n4c5cc6c(cc5c(=O)c(c2)c34)c(=O)c2cc(-c3nc(-c4ccccc4)cc(-c4ccccc4)n3)cc3c(=O)c4ccccc4n6c32)cc1. The topological polar surface area (TPSA) is 127 Å². The van der Waals surface area contributed by atoms with E-state index in [9.17, 15) is 14.9 Å². The number of pyridine rings is 4. The highest BCUT2D eigenvalue weighted by Crippen LogP contribution is 2.36. The molecule has 0 spiro atoms. The largest absolute Gasteiger partial charge is 0.307 e. The van der Waals surface area contributed by atoms with E-state index in [2.05, 4.69) is 6.07 Å². The van der Waals surface area contributed by atoms with Gasteiger partial charge in [0.15, 0.2) is 27.5 Å². The molecule has 0 N–H and O–H groups in total. The van der Waals surface area contributed by atoms with Crippen LogP contribution in [0.1, 0.15) is 5.56 Å². The van der Waals surface area contributed by atoms with Crippen LogP contribution in [0.3, 0.4) is 0 Å². The van der Waals surface area contributed by atoms with E-state index in [0.29, 0.717) is 93.9 Å². The summed E-state index contributed by atoms with van der Waals surface area (Å²) in [5, 5.41) is 12.2. The van der Waals surface area contributed by atoms with Gasteiger partial charge in [-0.2, -0.15) is 5.26 Å². The van der Waals surface area contributed by atoms with Gasteiger partial charge in [0.1, 0.15) is 0 Å². The Hall–Kier alpha value is -9.39. The van der Waals surface area contributed by atoms with Crippen molar-refractivity contribution in [1.29, 1.82) is 5.26 Å². The second-order valence-electron chi connectivity index (χ2n) is 16.6. The minimum Gasteiger partial charge on any atom is -0.307 e. The minimum absolute atomic E-state index is 0.218. The number of benzene rings is 8. The number of rotatable bonds is 4. The lowest BCUT2D eigenvalue weighted by molar-refractivity contribution is 1.18.